The number of benzene rings is 1. The highest BCUT2D eigenvalue weighted by Gasteiger charge is 2.19. The molecule has 18 heavy (non-hydrogen) atoms. The number of rotatable bonds is 1. The van der Waals surface area contributed by atoms with Crippen LogP contribution in [0.3, 0.4) is 0 Å². The summed E-state index contributed by atoms with van der Waals surface area (Å²) in [5.41, 5.74) is 4.08. The molecule has 3 rings (SSSR count). The number of nitrogens with one attached hydrogen (secondary N) is 1. The molecule has 1 nitrogen and oxygen atoms in total. The van der Waals surface area contributed by atoms with Crippen LogP contribution in [0.25, 0.3) is 10.4 Å². The first-order valence-corrected chi connectivity index (χ1v) is 7.86. The van der Waals surface area contributed by atoms with Crippen molar-refractivity contribution < 1.29 is 0 Å². The second kappa shape index (κ2) is 4.80. The Hall–Kier alpha value is -0.640. The molecule has 0 bridgehead atoms. The average Bonchev–Trinajstić information content (AvgIpc) is 2.78. The largest absolute Gasteiger partial charge is 0.312 e. The third kappa shape index (κ3) is 2.15. The lowest BCUT2D eigenvalue weighted by atomic mass is 10.0. The zero-order valence-electron chi connectivity index (χ0n) is 10.6. The number of thiophene rings is 1. The summed E-state index contributed by atoms with van der Waals surface area (Å²) in [6, 6.07) is 8.97. The summed E-state index contributed by atoms with van der Waals surface area (Å²) in [5, 5.41) is 3.47. The zero-order chi connectivity index (χ0) is 12.7. The minimum absolute atomic E-state index is 0.640. The number of aryl methyl sites for hydroxylation is 1. The lowest BCUT2D eigenvalue weighted by Crippen LogP contribution is -2.24. The van der Waals surface area contributed by atoms with Crippen LogP contribution in [0, 0.1) is 6.92 Å². The van der Waals surface area contributed by atoms with Crippen LogP contribution >= 0.6 is 27.3 Å². The van der Waals surface area contributed by atoms with E-state index in [1.165, 1.54) is 26.0 Å². The molecule has 2 heterocycles. The van der Waals surface area contributed by atoms with Crippen LogP contribution in [0.15, 0.2) is 28.7 Å². The van der Waals surface area contributed by atoms with Crippen molar-refractivity contribution in [2.45, 2.75) is 26.3 Å². The van der Waals surface area contributed by atoms with Gasteiger partial charge >= 0.3 is 0 Å². The monoisotopic (exact) mass is 321 g/mol. The topological polar surface area (TPSA) is 12.0 Å². The van der Waals surface area contributed by atoms with Crippen molar-refractivity contribution in [3.05, 3.63) is 44.7 Å². The van der Waals surface area contributed by atoms with Crippen LogP contribution < -0.4 is 5.32 Å². The van der Waals surface area contributed by atoms with E-state index in [1.807, 2.05) is 11.3 Å². The lowest BCUT2D eigenvalue weighted by Gasteiger charge is -2.18. The van der Waals surface area contributed by atoms with Gasteiger partial charge in [0, 0.05) is 33.2 Å². The van der Waals surface area contributed by atoms with Gasteiger partial charge in [0.25, 0.3) is 0 Å². The fourth-order valence-electron chi connectivity index (χ4n) is 2.40. The van der Waals surface area contributed by atoms with Gasteiger partial charge in [0.05, 0.1) is 0 Å². The summed E-state index contributed by atoms with van der Waals surface area (Å²) in [6.45, 7) is 6.55. The zero-order valence-corrected chi connectivity index (χ0v) is 13.0. The molecule has 0 fully saturated rings. The lowest BCUT2D eigenvalue weighted by molar-refractivity contribution is 0.581. The molecular formula is C15H16BrNS. The second-order valence-corrected chi connectivity index (χ2v) is 6.93. The molecule has 0 saturated heterocycles. The first kappa shape index (κ1) is 12.4. The van der Waals surface area contributed by atoms with E-state index in [4.69, 9.17) is 0 Å². The summed E-state index contributed by atoms with van der Waals surface area (Å²) in [7, 11) is 0. The first-order chi connectivity index (χ1) is 8.65. The molecule has 0 amide bonds. The predicted molar refractivity (Wildman–Crippen MR) is 82.3 cm³/mol. The Kier molecular flexibility index (Phi) is 3.31. The molecule has 94 valence electrons. The fourth-order valence-corrected chi connectivity index (χ4v) is 4.01. The summed E-state index contributed by atoms with van der Waals surface area (Å²) < 4.78 is 1.19. The summed E-state index contributed by atoms with van der Waals surface area (Å²) >= 11 is 5.57. The third-order valence-electron chi connectivity index (χ3n) is 3.51. The van der Waals surface area contributed by atoms with Crippen molar-refractivity contribution >= 4 is 27.3 Å². The van der Waals surface area contributed by atoms with E-state index in [9.17, 15) is 0 Å². The van der Waals surface area contributed by atoms with Gasteiger partial charge < -0.3 is 5.32 Å². The van der Waals surface area contributed by atoms with Gasteiger partial charge in [-0.05, 0) is 35.7 Å². The molecule has 0 saturated carbocycles. The maximum absolute atomic E-state index is 3.62. The maximum Gasteiger partial charge on any atom is 0.0349 e. The van der Waals surface area contributed by atoms with Crippen molar-refractivity contribution in [1.29, 1.82) is 0 Å². The van der Waals surface area contributed by atoms with Crippen LogP contribution in [0.4, 0.5) is 0 Å². The fraction of sp³-hybridized carbons (Fsp3) is 0.333. The minimum atomic E-state index is 0.640. The first-order valence-electron chi connectivity index (χ1n) is 6.25. The van der Waals surface area contributed by atoms with E-state index in [-0.39, 0.29) is 0 Å². The summed E-state index contributed by atoms with van der Waals surface area (Å²) in [5.74, 6) is 0.640. The van der Waals surface area contributed by atoms with E-state index in [0.717, 1.165) is 13.1 Å². The normalized spacial score (nSPS) is 18.7. The van der Waals surface area contributed by atoms with E-state index in [1.54, 1.807) is 4.88 Å². The Bertz CT molecular complexity index is 588. The summed E-state index contributed by atoms with van der Waals surface area (Å²) in [6.07, 6.45) is 0. The molecule has 0 aliphatic carbocycles. The SMILES string of the molecule is Cc1ccc(-c2cc3c(s2)C(C)CNC3)cc1Br. The molecule has 1 aliphatic heterocycles. The number of hydrogen-bond acceptors (Lipinski definition) is 2. The van der Waals surface area contributed by atoms with Crippen LogP contribution in [-0.2, 0) is 6.54 Å². The Morgan fingerprint density at radius 3 is 2.89 bits per heavy atom. The Morgan fingerprint density at radius 1 is 1.33 bits per heavy atom. The van der Waals surface area contributed by atoms with Gasteiger partial charge in [0.2, 0.25) is 0 Å². The Morgan fingerprint density at radius 2 is 2.17 bits per heavy atom. The van der Waals surface area contributed by atoms with Gasteiger partial charge in [-0.2, -0.15) is 0 Å². The Balaban J connectivity index is 2.04. The highest BCUT2D eigenvalue weighted by molar-refractivity contribution is 9.10. The van der Waals surface area contributed by atoms with E-state index in [0.29, 0.717) is 5.92 Å². The number of fused-ring (bicyclic) bond motifs is 1. The minimum Gasteiger partial charge on any atom is -0.312 e. The van der Waals surface area contributed by atoms with Crippen molar-refractivity contribution in [1.82, 2.24) is 5.32 Å². The quantitative estimate of drug-likeness (QED) is 0.803. The molecular weight excluding hydrogens is 306 g/mol. The Labute approximate surface area is 120 Å². The van der Waals surface area contributed by atoms with E-state index in [2.05, 4.69) is 59.4 Å². The van der Waals surface area contributed by atoms with Crippen molar-refractivity contribution in [2.75, 3.05) is 6.54 Å². The summed E-state index contributed by atoms with van der Waals surface area (Å²) in [4.78, 5) is 2.94. The molecule has 1 aliphatic rings. The molecule has 1 aromatic heterocycles. The van der Waals surface area contributed by atoms with Gasteiger partial charge in [-0.1, -0.05) is 35.0 Å². The smallest absolute Gasteiger partial charge is 0.0349 e. The standard InChI is InChI=1S/C15H16BrNS/c1-9-3-4-11(5-13(9)16)14-6-12-8-17-7-10(2)15(12)18-14/h3-6,10,17H,7-8H2,1-2H3. The highest BCUT2D eigenvalue weighted by Crippen LogP contribution is 2.38. The predicted octanol–water partition coefficient (Wildman–Crippen LogP) is 4.69. The highest BCUT2D eigenvalue weighted by atomic mass is 79.9. The molecule has 0 radical (unpaired) electrons. The van der Waals surface area contributed by atoms with Crippen LogP contribution in [0.5, 0.6) is 0 Å². The van der Waals surface area contributed by atoms with Crippen LogP contribution in [-0.4, -0.2) is 6.54 Å². The average molecular weight is 322 g/mol. The molecule has 2 aromatic rings. The molecule has 1 aromatic carbocycles. The molecule has 1 N–H and O–H groups in total. The molecule has 1 atom stereocenters. The van der Waals surface area contributed by atoms with Gasteiger partial charge in [-0.25, -0.2) is 0 Å². The molecule has 1 unspecified atom stereocenters. The number of hydrogen-bond donors (Lipinski definition) is 1. The van der Waals surface area contributed by atoms with E-state index < -0.39 is 0 Å². The van der Waals surface area contributed by atoms with Crippen molar-refractivity contribution in [3.8, 4) is 10.4 Å². The number of halogens is 1. The maximum atomic E-state index is 3.62. The van der Waals surface area contributed by atoms with Crippen molar-refractivity contribution in [3.63, 3.8) is 0 Å². The van der Waals surface area contributed by atoms with Gasteiger partial charge in [0.15, 0.2) is 0 Å². The van der Waals surface area contributed by atoms with Crippen molar-refractivity contribution in [2.24, 2.45) is 0 Å². The third-order valence-corrected chi connectivity index (χ3v) is 5.82. The van der Waals surface area contributed by atoms with Gasteiger partial charge in [-0.3, -0.25) is 0 Å². The molecule has 3 heteroatoms. The second-order valence-electron chi connectivity index (χ2n) is 5.00. The van der Waals surface area contributed by atoms with E-state index >= 15 is 0 Å². The van der Waals surface area contributed by atoms with Crippen LogP contribution in [0.1, 0.15) is 28.8 Å². The van der Waals surface area contributed by atoms with Crippen LogP contribution in [0.2, 0.25) is 0 Å². The van der Waals surface area contributed by atoms with Gasteiger partial charge in [-0.15, -0.1) is 11.3 Å². The molecule has 0 spiro atoms. The van der Waals surface area contributed by atoms with Gasteiger partial charge in [0.1, 0.15) is 0 Å².